The van der Waals surface area contributed by atoms with Gasteiger partial charge in [0.2, 0.25) is 0 Å². The molecule has 0 amide bonds. The Morgan fingerprint density at radius 3 is 2.90 bits per heavy atom. The molecule has 2 atom stereocenters. The van der Waals surface area contributed by atoms with Crippen LogP contribution in [0.1, 0.15) is 12.8 Å². The molecule has 0 aliphatic carbocycles. The number of hydrogen-bond acceptors (Lipinski definition) is 2. The topological polar surface area (TPSA) is 35.2 Å². The van der Waals surface area contributed by atoms with Crippen LogP contribution in [-0.2, 0) is 4.43 Å². The summed E-state index contributed by atoms with van der Waals surface area (Å²) in [4.78, 5) is 0. The summed E-state index contributed by atoms with van der Waals surface area (Å²) in [5.74, 6) is 0. The maximum absolute atomic E-state index is 5.77. The molecule has 1 saturated heterocycles. The molecule has 1 rings (SSSR count). The molecule has 0 radical (unpaired) electrons. The maximum Gasteiger partial charge on any atom is 0.197 e. The molecule has 2 unspecified atom stereocenters. The fraction of sp³-hybridized carbons (Fsp3) is 0.714. The Kier molecular flexibility index (Phi) is 3.12. The zero-order chi connectivity index (χ0) is 7.40. The van der Waals surface area contributed by atoms with Crippen molar-refractivity contribution in [2.45, 2.75) is 24.6 Å². The number of nitrogens with two attached hydrogens (primary N) is 1. The van der Waals surface area contributed by atoms with Gasteiger partial charge in [-0.2, -0.15) is 0 Å². The summed E-state index contributed by atoms with van der Waals surface area (Å²) < 4.78 is 5.57. The highest BCUT2D eigenvalue weighted by Gasteiger charge is 2.20. The third-order valence-corrected chi connectivity index (χ3v) is 4.69. The van der Waals surface area contributed by atoms with Crippen LogP contribution in [0.2, 0.25) is 6.04 Å². The van der Waals surface area contributed by atoms with E-state index in [9.17, 15) is 0 Å². The molecule has 1 aliphatic heterocycles. The first-order valence-electron chi connectivity index (χ1n) is 3.84. The van der Waals surface area contributed by atoms with E-state index >= 15 is 0 Å². The largest absolute Gasteiger partial charge is 0.418 e. The van der Waals surface area contributed by atoms with Gasteiger partial charge in [-0.3, -0.25) is 0 Å². The minimum absolute atomic E-state index is 0.167. The summed E-state index contributed by atoms with van der Waals surface area (Å²) in [7, 11) is -1.06. The lowest BCUT2D eigenvalue weighted by Crippen LogP contribution is -2.41. The molecule has 1 heterocycles. The van der Waals surface area contributed by atoms with E-state index in [-0.39, 0.29) is 5.67 Å². The maximum atomic E-state index is 5.77. The first-order valence-corrected chi connectivity index (χ1v) is 5.80. The van der Waals surface area contributed by atoms with E-state index in [0.717, 1.165) is 6.61 Å². The van der Waals surface area contributed by atoms with Crippen LogP contribution in [0.15, 0.2) is 12.7 Å². The van der Waals surface area contributed by atoms with Gasteiger partial charge in [0.1, 0.15) is 0 Å². The van der Waals surface area contributed by atoms with E-state index in [0.29, 0.717) is 0 Å². The van der Waals surface area contributed by atoms with Gasteiger partial charge < -0.3 is 10.2 Å². The fourth-order valence-corrected chi connectivity index (χ4v) is 3.46. The molecule has 0 spiro atoms. The molecular weight excluding hydrogens is 142 g/mol. The van der Waals surface area contributed by atoms with Crippen LogP contribution in [0.4, 0.5) is 0 Å². The summed E-state index contributed by atoms with van der Waals surface area (Å²) in [6, 6.07) is 1.23. The fourth-order valence-electron chi connectivity index (χ4n) is 1.22. The zero-order valence-corrected chi connectivity index (χ0v) is 7.41. The minimum atomic E-state index is -1.06. The van der Waals surface area contributed by atoms with Gasteiger partial charge in [-0.05, 0) is 12.5 Å². The highest BCUT2D eigenvalue weighted by molar-refractivity contribution is 6.54. The van der Waals surface area contributed by atoms with Crippen molar-refractivity contribution in [3.63, 3.8) is 0 Å². The number of hydrogen-bond donors (Lipinski definition) is 1. The standard InChI is InChI=1S/C7H15NOSi/c1-2-7(8)10-6-4-3-5-9-10/h2,7,10H,1,3-6,8H2. The van der Waals surface area contributed by atoms with Crippen molar-refractivity contribution in [2.24, 2.45) is 5.73 Å². The summed E-state index contributed by atoms with van der Waals surface area (Å²) in [5, 5.41) is 0. The molecule has 0 saturated carbocycles. The molecule has 3 heteroatoms. The quantitative estimate of drug-likeness (QED) is 0.470. The molecule has 0 aromatic rings. The van der Waals surface area contributed by atoms with Crippen molar-refractivity contribution >= 4 is 9.04 Å². The van der Waals surface area contributed by atoms with E-state index in [2.05, 4.69) is 6.58 Å². The van der Waals surface area contributed by atoms with Gasteiger partial charge in [0, 0.05) is 12.3 Å². The van der Waals surface area contributed by atoms with Crippen LogP contribution in [0.3, 0.4) is 0 Å². The molecular formula is C7H15NOSi. The monoisotopic (exact) mass is 157 g/mol. The van der Waals surface area contributed by atoms with E-state index in [1.807, 2.05) is 6.08 Å². The van der Waals surface area contributed by atoms with Crippen molar-refractivity contribution in [3.05, 3.63) is 12.7 Å². The lowest BCUT2D eigenvalue weighted by molar-refractivity contribution is 0.283. The second-order valence-electron chi connectivity index (χ2n) is 2.72. The molecule has 1 fully saturated rings. The summed E-state index contributed by atoms with van der Waals surface area (Å²) in [5.41, 5.74) is 5.93. The predicted octanol–water partition coefficient (Wildman–Crippen LogP) is 0.573. The summed E-state index contributed by atoms with van der Waals surface area (Å²) in [6.07, 6.45) is 4.34. The molecule has 1 aliphatic rings. The van der Waals surface area contributed by atoms with Gasteiger partial charge in [0.25, 0.3) is 0 Å². The highest BCUT2D eigenvalue weighted by Crippen LogP contribution is 2.12. The summed E-state index contributed by atoms with van der Waals surface area (Å²) >= 11 is 0. The first kappa shape index (κ1) is 7.98. The second kappa shape index (κ2) is 3.90. The molecule has 10 heavy (non-hydrogen) atoms. The normalized spacial score (nSPS) is 29.5. The Morgan fingerprint density at radius 1 is 1.60 bits per heavy atom. The average Bonchev–Trinajstić information content (AvgIpc) is 2.05. The second-order valence-corrected chi connectivity index (χ2v) is 5.48. The van der Waals surface area contributed by atoms with Crippen molar-refractivity contribution in [3.8, 4) is 0 Å². The van der Waals surface area contributed by atoms with Crippen molar-refractivity contribution in [2.75, 3.05) is 6.61 Å². The van der Waals surface area contributed by atoms with Crippen LogP contribution >= 0.6 is 0 Å². The molecule has 2 N–H and O–H groups in total. The SMILES string of the molecule is C=CC(N)[SiH]1CCCCO1. The molecule has 0 aromatic heterocycles. The van der Waals surface area contributed by atoms with Crippen molar-refractivity contribution < 1.29 is 4.43 Å². The van der Waals surface area contributed by atoms with Gasteiger partial charge in [0.05, 0.1) is 0 Å². The Balaban J connectivity index is 2.30. The van der Waals surface area contributed by atoms with Crippen LogP contribution in [0, 0.1) is 0 Å². The Labute approximate surface area is 63.8 Å². The van der Waals surface area contributed by atoms with Crippen molar-refractivity contribution in [1.29, 1.82) is 0 Å². The van der Waals surface area contributed by atoms with Gasteiger partial charge >= 0.3 is 0 Å². The Morgan fingerprint density at radius 2 is 2.40 bits per heavy atom. The third-order valence-electron chi connectivity index (χ3n) is 1.92. The van der Waals surface area contributed by atoms with Crippen LogP contribution in [0.5, 0.6) is 0 Å². The molecule has 0 bridgehead atoms. The van der Waals surface area contributed by atoms with E-state index in [1.54, 1.807) is 0 Å². The van der Waals surface area contributed by atoms with E-state index in [1.165, 1.54) is 18.9 Å². The smallest absolute Gasteiger partial charge is 0.197 e. The molecule has 0 aromatic carbocycles. The lowest BCUT2D eigenvalue weighted by atomic mass is 10.4. The molecule has 2 nitrogen and oxygen atoms in total. The van der Waals surface area contributed by atoms with Crippen LogP contribution in [-0.4, -0.2) is 21.3 Å². The van der Waals surface area contributed by atoms with Crippen LogP contribution in [0.25, 0.3) is 0 Å². The van der Waals surface area contributed by atoms with Crippen LogP contribution < -0.4 is 5.73 Å². The van der Waals surface area contributed by atoms with Gasteiger partial charge in [-0.1, -0.05) is 12.5 Å². The predicted molar refractivity (Wildman–Crippen MR) is 45.3 cm³/mol. The molecule has 58 valence electrons. The average molecular weight is 157 g/mol. The van der Waals surface area contributed by atoms with E-state index < -0.39 is 9.04 Å². The van der Waals surface area contributed by atoms with Gasteiger partial charge in [-0.15, -0.1) is 6.58 Å². The summed E-state index contributed by atoms with van der Waals surface area (Å²) in [6.45, 7) is 4.59. The minimum Gasteiger partial charge on any atom is -0.418 e. The van der Waals surface area contributed by atoms with E-state index in [4.69, 9.17) is 10.2 Å². The van der Waals surface area contributed by atoms with Gasteiger partial charge in [-0.25, -0.2) is 0 Å². The highest BCUT2D eigenvalue weighted by atomic mass is 28.3. The third kappa shape index (κ3) is 1.93. The zero-order valence-electron chi connectivity index (χ0n) is 6.25. The Hall–Kier alpha value is -0.123. The Bertz CT molecular complexity index is 112. The van der Waals surface area contributed by atoms with Crippen molar-refractivity contribution in [1.82, 2.24) is 0 Å². The lowest BCUT2D eigenvalue weighted by Gasteiger charge is -2.24. The number of rotatable bonds is 2. The van der Waals surface area contributed by atoms with Gasteiger partial charge in [0.15, 0.2) is 9.04 Å². The first-order chi connectivity index (χ1) is 4.84.